The number of unbranched alkanes of at least 4 members (excludes halogenated alkanes) is 18. The second-order valence-corrected chi connectivity index (χ2v) is 13.9. The van der Waals surface area contributed by atoms with Crippen LogP contribution in [-0.4, -0.2) is 12.6 Å². The fraction of sp³-hybridized carbons (Fsp3) is 0.578. The van der Waals surface area contributed by atoms with E-state index < -0.39 is 0 Å². The summed E-state index contributed by atoms with van der Waals surface area (Å²) in [5, 5.41) is 0. The second-order valence-electron chi connectivity index (χ2n) is 13.9. The van der Waals surface area contributed by atoms with E-state index in [2.05, 4.69) is 45.0 Å². The van der Waals surface area contributed by atoms with Gasteiger partial charge in [-0.25, -0.2) is 4.79 Å². The molecule has 1 atom stereocenters. The molecule has 1 unspecified atom stereocenters. The van der Waals surface area contributed by atoms with E-state index in [0.29, 0.717) is 11.3 Å². The molecular weight excluding hydrogens is 588 g/mol. The van der Waals surface area contributed by atoms with Gasteiger partial charge in [-0.05, 0) is 72.7 Å². The van der Waals surface area contributed by atoms with Crippen molar-refractivity contribution in [1.29, 1.82) is 0 Å². The highest BCUT2D eigenvalue weighted by molar-refractivity contribution is 5.91. The van der Waals surface area contributed by atoms with Gasteiger partial charge in [0.05, 0.1) is 11.7 Å². The van der Waals surface area contributed by atoms with Crippen molar-refractivity contribution >= 4 is 5.97 Å². The number of hydrogen-bond acceptors (Lipinski definition) is 3. The van der Waals surface area contributed by atoms with Crippen LogP contribution in [-0.2, 0) is 11.2 Å². The minimum absolute atomic E-state index is 0.00844. The minimum Gasteiger partial charge on any atom is -0.423 e. The van der Waals surface area contributed by atoms with Crippen molar-refractivity contribution in [2.24, 2.45) is 0 Å². The quantitative estimate of drug-likeness (QED) is 0.0466. The Hall–Kier alpha value is -2.91. The fourth-order valence-electron chi connectivity index (χ4n) is 6.38. The molecule has 3 nitrogen and oxygen atoms in total. The molecule has 0 fully saturated rings. The molecule has 0 aliphatic carbocycles. The Balaban J connectivity index is 1.20. The highest BCUT2D eigenvalue weighted by Crippen LogP contribution is 2.25. The van der Waals surface area contributed by atoms with Crippen molar-refractivity contribution in [3.8, 4) is 16.9 Å². The third-order valence-corrected chi connectivity index (χ3v) is 9.65. The largest absolute Gasteiger partial charge is 0.423 e. The Labute approximate surface area is 294 Å². The van der Waals surface area contributed by atoms with E-state index in [9.17, 15) is 4.79 Å². The summed E-state index contributed by atoms with van der Waals surface area (Å²) in [4.78, 5) is 12.8. The zero-order valence-electron chi connectivity index (χ0n) is 30.8. The van der Waals surface area contributed by atoms with Crippen LogP contribution in [0.3, 0.4) is 0 Å². The average molecular weight is 655 g/mol. The molecule has 0 aliphatic heterocycles. The lowest BCUT2D eigenvalue weighted by Gasteiger charge is -2.14. The van der Waals surface area contributed by atoms with Crippen LogP contribution < -0.4 is 4.74 Å². The van der Waals surface area contributed by atoms with Gasteiger partial charge in [-0.15, -0.1) is 0 Å². The zero-order chi connectivity index (χ0) is 34.1. The van der Waals surface area contributed by atoms with Crippen LogP contribution in [0.15, 0.2) is 72.8 Å². The first kappa shape index (κ1) is 39.5. The van der Waals surface area contributed by atoms with Crippen LogP contribution in [0.2, 0.25) is 0 Å². The smallest absolute Gasteiger partial charge is 0.343 e. The van der Waals surface area contributed by atoms with Gasteiger partial charge in [-0.1, -0.05) is 178 Å². The number of hydrogen-bond donors (Lipinski definition) is 0. The van der Waals surface area contributed by atoms with Crippen LogP contribution >= 0.6 is 0 Å². The van der Waals surface area contributed by atoms with E-state index in [1.165, 1.54) is 133 Å². The molecular formula is C45H66O3. The SMILES string of the molecule is CCCCCCCCCCCCCCCCCCCCOC(C)c1ccc(C(=O)Oc2ccc(-c3ccc(CCCC)cc3)cc2)cc1. The van der Waals surface area contributed by atoms with Crippen molar-refractivity contribution in [2.75, 3.05) is 6.61 Å². The standard InChI is InChI=1S/C45H66O3/c1-4-6-8-9-10-11-12-13-14-15-16-17-18-19-20-21-22-23-37-47-38(3)40-29-31-43(32-30-40)45(46)48-44-35-33-42(34-36-44)41-27-25-39(26-28-41)24-7-5-2/h25-36,38H,4-24,37H2,1-3H3. The van der Waals surface area contributed by atoms with Crippen molar-refractivity contribution in [2.45, 2.75) is 162 Å². The van der Waals surface area contributed by atoms with E-state index in [-0.39, 0.29) is 12.1 Å². The van der Waals surface area contributed by atoms with Gasteiger partial charge in [-0.3, -0.25) is 0 Å². The molecule has 3 heteroatoms. The van der Waals surface area contributed by atoms with Gasteiger partial charge in [0, 0.05) is 6.61 Å². The van der Waals surface area contributed by atoms with Crippen molar-refractivity contribution < 1.29 is 14.3 Å². The molecule has 3 aromatic rings. The maximum absolute atomic E-state index is 12.8. The summed E-state index contributed by atoms with van der Waals surface area (Å²) in [7, 11) is 0. The van der Waals surface area contributed by atoms with Gasteiger partial charge in [0.25, 0.3) is 0 Å². The molecule has 264 valence electrons. The Morgan fingerprint density at radius 2 is 0.958 bits per heavy atom. The molecule has 0 saturated heterocycles. The third kappa shape index (κ3) is 16.5. The molecule has 0 heterocycles. The number of rotatable bonds is 27. The Morgan fingerprint density at radius 3 is 1.44 bits per heavy atom. The molecule has 48 heavy (non-hydrogen) atoms. The minimum atomic E-state index is -0.345. The predicted molar refractivity (Wildman–Crippen MR) is 205 cm³/mol. The van der Waals surface area contributed by atoms with E-state index in [1.54, 1.807) is 0 Å². The molecule has 0 N–H and O–H groups in total. The fourth-order valence-corrected chi connectivity index (χ4v) is 6.38. The molecule has 3 rings (SSSR count). The van der Waals surface area contributed by atoms with Gasteiger partial charge >= 0.3 is 5.97 Å². The van der Waals surface area contributed by atoms with Gasteiger partial charge in [0.2, 0.25) is 0 Å². The molecule has 0 saturated carbocycles. The summed E-state index contributed by atoms with van der Waals surface area (Å²) in [5.74, 6) is 0.204. The maximum Gasteiger partial charge on any atom is 0.343 e. The second kappa shape index (κ2) is 25.1. The summed E-state index contributed by atoms with van der Waals surface area (Å²) in [6, 6.07) is 24.1. The number of esters is 1. The monoisotopic (exact) mass is 655 g/mol. The zero-order valence-corrected chi connectivity index (χ0v) is 30.8. The Bertz CT molecular complexity index is 1210. The highest BCUT2D eigenvalue weighted by Gasteiger charge is 2.12. The molecule has 0 aromatic heterocycles. The number of benzene rings is 3. The number of ether oxygens (including phenoxy) is 2. The Morgan fingerprint density at radius 1 is 0.521 bits per heavy atom. The number of carbonyl (C=O) groups is 1. The van der Waals surface area contributed by atoms with E-state index in [4.69, 9.17) is 9.47 Å². The summed E-state index contributed by atoms with van der Waals surface area (Å²) in [5.41, 5.74) is 5.28. The number of aryl methyl sites for hydroxylation is 1. The van der Waals surface area contributed by atoms with E-state index >= 15 is 0 Å². The summed E-state index contributed by atoms with van der Waals surface area (Å²) in [6.07, 6.45) is 28.5. The van der Waals surface area contributed by atoms with Crippen LogP contribution in [0.4, 0.5) is 0 Å². The van der Waals surface area contributed by atoms with E-state index in [1.807, 2.05) is 48.5 Å². The lowest BCUT2D eigenvalue weighted by Crippen LogP contribution is -2.09. The average Bonchev–Trinajstić information content (AvgIpc) is 3.12. The van der Waals surface area contributed by atoms with Gasteiger partial charge < -0.3 is 9.47 Å². The lowest BCUT2D eigenvalue weighted by molar-refractivity contribution is 0.0626. The number of carbonyl (C=O) groups excluding carboxylic acids is 1. The van der Waals surface area contributed by atoms with Crippen LogP contribution in [0.1, 0.15) is 177 Å². The van der Waals surface area contributed by atoms with Gasteiger partial charge in [0.1, 0.15) is 5.75 Å². The van der Waals surface area contributed by atoms with Crippen molar-refractivity contribution in [1.82, 2.24) is 0 Å². The molecule has 0 bridgehead atoms. The normalized spacial score (nSPS) is 11.9. The summed E-state index contributed by atoms with van der Waals surface area (Å²) in [6.45, 7) is 7.38. The van der Waals surface area contributed by atoms with Crippen LogP contribution in [0.5, 0.6) is 5.75 Å². The predicted octanol–water partition coefficient (Wildman–Crippen LogP) is 14.0. The topological polar surface area (TPSA) is 35.5 Å². The Kier molecular flexibility index (Phi) is 20.7. The third-order valence-electron chi connectivity index (χ3n) is 9.65. The summed E-state index contributed by atoms with van der Waals surface area (Å²) >= 11 is 0. The summed E-state index contributed by atoms with van der Waals surface area (Å²) < 4.78 is 11.8. The van der Waals surface area contributed by atoms with Crippen LogP contribution in [0.25, 0.3) is 11.1 Å². The molecule has 0 spiro atoms. The lowest BCUT2D eigenvalue weighted by atomic mass is 10.0. The van der Waals surface area contributed by atoms with Crippen LogP contribution in [0, 0.1) is 0 Å². The molecule has 0 aliphatic rings. The van der Waals surface area contributed by atoms with Crippen molar-refractivity contribution in [3.63, 3.8) is 0 Å². The maximum atomic E-state index is 12.8. The van der Waals surface area contributed by atoms with Gasteiger partial charge in [0.15, 0.2) is 0 Å². The van der Waals surface area contributed by atoms with E-state index in [0.717, 1.165) is 30.6 Å². The first-order chi connectivity index (χ1) is 23.6. The molecule has 0 radical (unpaired) electrons. The van der Waals surface area contributed by atoms with Gasteiger partial charge in [-0.2, -0.15) is 0 Å². The first-order valence-corrected chi connectivity index (χ1v) is 19.7. The molecule has 3 aromatic carbocycles. The first-order valence-electron chi connectivity index (χ1n) is 19.7. The van der Waals surface area contributed by atoms with Crippen molar-refractivity contribution in [3.05, 3.63) is 89.5 Å². The highest BCUT2D eigenvalue weighted by atomic mass is 16.5. The molecule has 0 amide bonds.